The van der Waals surface area contributed by atoms with E-state index in [1.807, 2.05) is 12.1 Å². The van der Waals surface area contributed by atoms with E-state index in [0.717, 1.165) is 25.7 Å². The van der Waals surface area contributed by atoms with Gasteiger partial charge in [-0.25, -0.2) is 19.6 Å². The standard InChI is InChI=1S/C30H42N4O8/c35-29(36)25-7-3-5-23(31-25)21-33-11-15-39-19-20-40-16-12-34(22-24-6-4-8-26(32-24)30(37)38)14-18-42-28-10-2-1-9-27(28)41-17-13-33/h3-8,27-28H,1-2,9-22H2,(H,35,36)(H,37,38)/t27-,28+. The Morgan fingerprint density at radius 2 is 1.10 bits per heavy atom. The van der Waals surface area contributed by atoms with Crippen LogP contribution < -0.4 is 0 Å². The van der Waals surface area contributed by atoms with Gasteiger partial charge in [-0.3, -0.25) is 9.80 Å². The van der Waals surface area contributed by atoms with Crippen molar-refractivity contribution >= 4 is 11.9 Å². The summed E-state index contributed by atoms with van der Waals surface area (Å²) >= 11 is 0. The number of aromatic carboxylic acids is 2. The quantitative estimate of drug-likeness (QED) is 0.513. The highest BCUT2D eigenvalue weighted by Gasteiger charge is 2.27. The molecule has 1 aliphatic heterocycles. The van der Waals surface area contributed by atoms with Crippen molar-refractivity contribution in [3.63, 3.8) is 0 Å². The van der Waals surface area contributed by atoms with Gasteiger partial charge in [0.2, 0.25) is 0 Å². The lowest BCUT2D eigenvalue weighted by molar-refractivity contribution is -0.0993. The van der Waals surface area contributed by atoms with Gasteiger partial charge in [0, 0.05) is 39.3 Å². The largest absolute Gasteiger partial charge is 0.477 e. The molecule has 12 heteroatoms. The highest BCUT2D eigenvalue weighted by atomic mass is 16.5. The number of aromatic nitrogens is 2. The number of ether oxygens (including phenoxy) is 4. The molecule has 0 spiro atoms. The Morgan fingerprint density at radius 1 is 0.667 bits per heavy atom. The van der Waals surface area contributed by atoms with Crippen molar-refractivity contribution in [1.29, 1.82) is 0 Å². The van der Waals surface area contributed by atoms with Crippen molar-refractivity contribution in [2.45, 2.75) is 51.0 Å². The average Bonchev–Trinajstić information content (AvgIpc) is 2.98. The molecule has 230 valence electrons. The van der Waals surface area contributed by atoms with Gasteiger partial charge in [0.25, 0.3) is 0 Å². The fourth-order valence-corrected chi connectivity index (χ4v) is 5.19. The molecule has 0 amide bonds. The second kappa shape index (κ2) is 17.2. The maximum atomic E-state index is 11.4. The Bertz CT molecular complexity index is 1050. The summed E-state index contributed by atoms with van der Waals surface area (Å²) in [6.45, 7) is 6.50. The van der Waals surface area contributed by atoms with Crippen molar-refractivity contribution in [3.8, 4) is 0 Å². The Kier molecular flexibility index (Phi) is 13.1. The summed E-state index contributed by atoms with van der Waals surface area (Å²) in [6, 6.07) is 10.1. The molecule has 0 aromatic carbocycles. The van der Waals surface area contributed by atoms with Gasteiger partial charge in [-0.2, -0.15) is 0 Å². The number of rotatable bonds is 6. The van der Waals surface area contributed by atoms with Crippen LogP contribution in [0.4, 0.5) is 0 Å². The van der Waals surface area contributed by atoms with Gasteiger partial charge in [-0.1, -0.05) is 25.0 Å². The molecule has 42 heavy (non-hydrogen) atoms. The van der Waals surface area contributed by atoms with Crippen LogP contribution in [-0.4, -0.2) is 120 Å². The third-order valence-electron chi connectivity index (χ3n) is 7.42. The van der Waals surface area contributed by atoms with E-state index in [1.165, 1.54) is 12.1 Å². The minimum Gasteiger partial charge on any atom is -0.477 e. The molecule has 1 saturated carbocycles. The lowest BCUT2D eigenvalue weighted by atomic mass is 9.94. The highest BCUT2D eigenvalue weighted by molar-refractivity contribution is 5.85. The maximum Gasteiger partial charge on any atom is 0.354 e. The van der Waals surface area contributed by atoms with Crippen LogP contribution in [0.15, 0.2) is 36.4 Å². The molecular formula is C30H42N4O8. The zero-order chi connectivity index (χ0) is 29.6. The molecule has 4 rings (SSSR count). The molecule has 0 radical (unpaired) electrons. The van der Waals surface area contributed by atoms with Gasteiger partial charge >= 0.3 is 11.9 Å². The van der Waals surface area contributed by atoms with E-state index in [0.29, 0.717) is 90.3 Å². The molecule has 2 aliphatic rings. The zero-order valence-electron chi connectivity index (χ0n) is 24.1. The number of carboxylic acid groups (broad SMARTS) is 2. The molecule has 2 aromatic heterocycles. The molecule has 2 aromatic rings. The molecule has 12 nitrogen and oxygen atoms in total. The molecule has 2 N–H and O–H groups in total. The average molecular weight is 587 g/mol. The van der Waals surface area contributed by atoms with Crippen molar-refractivity contribution in [2.75, 3.05) is 65.8 Å². The van der Waals surface area contributed by atoms with Crippen molar-refractivity contribution in [1.82, 2.24) is 19.8 Å². The van der Waals surface area contributed by atoms with Gasteiger partial charge in [0.15, 0.2) is 0 Å². The van der Waals surface area contributed by atoms with Crippen LogP contribution >= 0.6 is 0 Å². The Balaban J connectivity index is 1.36. The van der Waals surface area contributed by atoms with E-state index in [2.05, 4.69) is 19.8 Å². The molecule has 0 bridgehead atoms. The molecular weight excluding hydrogens is 544 g/mol. The van der Waals surface area contributed by atoms with E-state index in [-0.39, 0.29) is 23.6 Å². The predicted octanol–water partition coefficient (Wildman–Crippen LogP) is 2.57. The van der Waals surface area contributed by atoms with Crippen LogP contribution in [0.1, 0.15) is 58.0 Å². The fraction of sp³-hybridized carbons (Fsp3) is 0.600. The van der Waals surface area contributed by atoms with Gasteiger partial charge in [-0.15, -0.1) is 0 Å². The van der Waals surface area contributed by atoms with Gasteiger partial charge in [-0.05, 0) is 37.1 Å². The molecule has 2 atom stereocenters. The van der Waals surface area contributed by atoms with E-state index in [1.54, 1.807) is 12.1 Å². The summed E-state index contributed by atoms with van der Waals surface area (Å²) in [5.74, 6) is -2.09. The van der Waals surface area contributed by atoms with Gasteiger partial charge < -0.3 is 29.2 Å². The summed E-state index contributed by atoms with van der Waals surface area (Å²) in [4.78, 5) is 35.6. The number of pyridine rings is 2. The lowest BCUT2D eigenvalue weighted by Gasteiger charge is -2.33. The number of carbonyl (C=O) groups is 2. The topological polar surface area (TPSA) is 144 Å². The van der Waals surface area contributed by atoms with Crippen LogP contribution in [0.3, 0.4) is 0 Å². The van der Waals surface area contributed by atoms with E-state index >= 15 is 0 Å². The molecule has 2 fully saturated rings. The zero-order valence-corrected chi connectivity index (χ0v) is 24.1. The van der Waals surface area contributed by atoms with Crippen molar-refractivity contribution in [3.05, 3.63) is 59.2 Å². The summed E-state index contributed by atoms with van der Waals surface area (Å²) in [5, 5.41) is 18.6. The smallest absolute Gasteiger partial charge is 0.354 e. The van der Waals surface area contributed by atoms with Crippen LogP contribution in [0.25, 0.3) is 0 Å². The van der Waals surface area contributed by atoms with Gasteiger partial charge in [0.1, 0.15) is 11.4 Å². The number of fused-ring (bicyclic) bond motifs is 1. The van der Waals surface area contributed by atoms with Crippen LogP contribution in [0.5, 0.6) is 0 Å². The Labute approximate surface area is 246 Å². The molecule has 3 heterocycles. The van der Waals surface area contributed by atoms with Crippen molar-refractivity contribution in [2.24, 2.45) is 0 Å². The first kappa shape index (κ1) is 31.9. The number of hydrogen-bond acceptors (Lipinski definition) is 10. The highest BCUT2D eigenvalue weighted by Crippen LogP contribution is 2.24. The molecule has 1 saturated heterocycles. The van der Waals surface area contributed by atoms with Crippen LogP contribution in [-0.2, 0) is 32.0 Å². The SMILES string of the molecule is O=C(O)c1cccc(CN2CCOCCOCCN(Cc3cccc(C(=O)O)n3)CCO[C@@H]3CCCC[C@@H]3OCC2)n1. The number of nitrogens with zero attached hydrogens (tertiary/aromatic N) is 4. The Hall–Kier alpha value is -3.00. The third kappa shape index (κ3) is 10.7. The van der Waals surface area contributed by atoms with Crippen LogP contribution in [0.2, 0.25) is 0 Å². The maximum absolute atomic E-state index is 11.4. The lowest BCUT2D eigenvalue weighted by Crippen LogP contribution is -2.39. The van der Waals surface area contributed by atoms with Crippen LogP contribution in [0, 0.1) is 0 Å². The summed E-state index contributed by atoms with van der Waals surface area (Å²) in [7, 11) is 0. The Morgan fingerprint density at radius 3 is 1.52 bits per heavy atom. The van der Waals surface area contributed by atoms with Gasteiger partial charge in [0.05, 0.1) is 63.2 Å². The minimum atomic E-state index is -1.04. The molecule has 0 unspecified atom stereocenters. The second-order valence-corrected chi connectivity index (χ2v) is 10.5. The first-order valence-electron chi connectivity index (χ1n) is 14.7. The predicted molar refractivity (Wildman–Crippen MR) is 153 cm³/mol. The summed E-state index contributed by atoms with van der Waals surface area (Å²) < 4.78 is 24.4. The summed E-state index contributed by atoms with van der Waals surface area (Å²) in [6.07, 6.45) is 4.11. The summed E-state index contributed by atoms with van der Waals surface area (Å²) in [5.41, 5.74) is 1.44. The van der Waals surface area contributed by atoms with Crippen molar-refractivity contribution < 1.29 is 38.7 Å². The fourth-order valence-electron chi connectivity index (χ4n) is 5.19. The first-order chi connectivity index (χ1) is 20.5. The molecule has 1 aliphatic carbocycles. The number of hydrogen-bond donors (Lipinski definition) is 2. The number of carboxylic acids is 2. The second-order valence-electron chi connectivity index (χ2n) is 10.5. The normalized spacial score (nSPS) is 22.9. The monoisotopic (exact) mass is 586 g/mol. The van der Waals surface area contributed by atoms with E-state index in [9.17, 15) is 19.8 Å². The minimum absolute atomic E-state index is 0.00916. The third-order valence-corrected chi connectivity index (χ3v) is 7.42. The van der Waals surface area contributed by atoms with E-state index < -0.39 is 11.9 Å². The van der Waals surface area contributed by atoms with E-state index in [4.69, 9.17) is 18.9 Å². The first-order valence-corrected chi connectivity index (χ1v) is 14.7.